The average Bonchev–Trinajstić information content (AvgIpc) is 2.10. The van der Waals surface area contributed by atoms with Crippen LogP contribution in [0.3, 0.4) is 0 Å². The molecule has 0 aliphatic carbocycles. The predicted octanol–water partition coefficient (Wildman–Crippen LogP) is 2.37. The Balaban J connectivity index is 3.36. The number of nitrogens with zero attached hydrogens (tertiary/aromatic N) is 1. The largest absolute Gasteiger partial charge is 0.282 e. The smallest absolute Gasteiger partial charge is 0.256 e. The molecule has 16 heavy (non-hydrogen) atoms. The molecule has 1 aliphatic heterocycles. The van der Waals surface area contributed by atoms with Crippen LogP contribution >= 0.6 is 0 Å². The molecule has 3 heteroatoms. The molecule has 0 unspecified atom stereocenters. The van der Waals surface area contributed by atoms with Crippen LogP contribution in [0.15, 0.2) is 11.1 Å². The minimum Gasteiger partial charge on any atom is -0.282 e. The van der Waals surface area contributed by atoms with Crippen molar-refractivity contribution in [2.24, 2.45) is 11.3 Å². The van der Waals surface area contributed by atoms with Crippen molar-refractivity contribution in [2.45, 2.75) is 41.0 Å². The van der Waals surface area contributed by atoms with E-state index in [2.05, 4.69) is 0 Å². The standard InChI is InChI=1S/C13H21NO2/c1-8(2)9-7-10(15)14(6)12(16)11(9)13(3,4)5/h8H,7H2,1-6H3. The first kappa shape index (κ1) is 12.9. The summed E-state index contributed by atoms with van der Waals surface area (Å²) >= 11 is 0. The third-order valence-electron chi connectivity index (χ3n) is 3.00. The first-order valence-corrected chi connectivity index (χ1v) is 5.70. The van der Waals surface area contributed by atoms with Crippen molar-refractivity contribution in [1.29, 1.82) is 0 Å². The summed E-state index contributed by atoms with van der Waals surface area (Å²) in [4.78, 5) is 25.0. The molecule has 1 aliphatic rings. The van der Waals surface area contributed by atoms with Crippen molar-refractivity contribution in [1.82, 2.24) is 4.90 Å². The van der Waals surface area contributed by atoms with Crippen LogP contribution in [0.5, 0.6) is 0 Å². The van der Waals surface area contributed by atoms with Gasteiger partial charge in [-0.3, -0.25) is 14.5 Å². The summed E-state index contributed by atoms with van der Waals surface area (Å²) in [5.41, 5.74) is 1.61. The van der Waals surface area contributed by atoms with E-state index in [1.165, 1.54) is 4.90 Å². The Kier molecular flexibility index (Phi) is 3.27. The molecule has 0 bridgehead atoms. The molecule has 0 aromatic rings. The monoisotopic (exact) mass is 223 g/mol. The normalized spacial score (nSPS) is 18.8. The Morgan fingerprint density at radius 1 is 1.19 bits per heavy atom. The van der Waals surface area contributed by atoms with Crippen molar-refractivity contribution in [3.05, 3.63) is 11.1 Å². The van der Waals surface area contributed by atoms with E-state index in [0.717, 1.165) is 11.1 Å². The van der Waals surface area contributed by atoms with Crippen LogP contribution in [0, 0.1) is 11.3 Å². The molecule has 2 amide bonds. The first-order chi connectivity index (χ1) is 7.16. The lowest BCUT2D eigenvalue weighted by Gasteiger charge is -2.34. The van der Waals surface area contributed by atoms with Crippen LogP contribution in [0.25, 0.3) is 0 Å². The molecule has 1 rings (SSSR count). The second kappa shape index (κ2) is 4.04. The molecule has 0 saturated heterocycles. The van der Waals surface area contributed by atoms with E-state index in [1.807, 2.05) is 34.6 Å². The van der Waals surface area contributed by atoms with Crippen molar-refractivity contribution < 1.29 is 9.59 Å². The summed E-state index contributed by atoms with van der Waals surface area (Å²) in [5, 5.41) is 0. The van der Waals surface area contributed by atoms with Gasteiger partial charge in [-0.1, -0.05) is 34.6 Å². The SMILES string of the molecule is CC(C)C1=C(C(C)(C)C)C(=O)N(C)C(=O)C1. The van der Waals surface area contributed by atoms with E-state index >= 15 is 0 Å². The molecule has 0 aromatic heterocycles. The van der Waals surface area contributed by atoms with Gasteiger partial charge in [-0.05, 0) is 16.9 Å². The molecule has 3 nitrogen and oxygen atoms in total. The van der Waals surface area contributed by atoms with E-state index < -0.39 is 0 Å². The molecule has 0 atom stereocenters. The van der Waals surface area contributed by atoms with Gasteiger partial charge in [-0.25, -0.2) is 0 Å². The zero-order valence-electron chi connectivity index (χ0n) is 11.0. The third kappa shape index (κ3) is 2.18. The Morgan fingerprint density at radius 2 is 1.69 bits per heavy atom. The van der Waals surface area contributed by atoms with Gasteiger partial charge in [0.1, 0.15) is 0 Å². The number of hydrogen-bond donors (Lipinski definition) is 0. The number of amides is 2. The van der Waals surface area contributed by atoms with Crippen molar-refractivity contribution in [2.75, 3.05) is 7.05 Å². The number of likely N-dealkylation sites (N-methyl/N-ethyl adjacent to an activating group) is 1. The van der Waals surface area contributed by atoms with Crippen LogP contribution in [0.4, 0.5) is 0 Å². The number of carbonyl (C=O) groups excluding carboxylic acids is 2. The number of hydrogen-bond acceptors (Lipinski definition) is 2. The summed E-state index contributed by atoms with van der Waals surface area (Å²) in [7, 11) is 1.56. The van der Waals surface area contributed by atoms with Crippen molar-refractivity contribution in [3.63, 3.8) is 0 Å². The molecule has 0 fully saturated rings. The summed E-state index contributed by atoms with van der Waals surface area (Å²) in [6.07, 6.45) is 0.381. The lowest BCUT2D eigenvalue weighted by atomic mass is 9.77. The molecule has 0 radical (unpaired) electrons. The highest BCUT2D eigenvalue weighted by Gasteiger charge is 2.37. The van der Waals surface area contributed by atoms with Crippen molar-refractivity contribution in [3.8, 4) is 0 Å². The van der Waals surface area contributed by atoms with Gasteiger partial charge in [0.05, 0.1) is 0 Å². The van der Waals surface area contributed by atoms with E-state index in [4.69, 9.17) is 0 Å². The van der Waals surface area contributed by atoms with E-state index in [9.17, 15) is 9.59 Å². The molecule has 90 valence electrons. The lowest BCUT2D eigenvalue weighted by Crippen LogP contribution is -2.42. The summed E-state index contributed by atoms with van der Waals surface area (Å²) in [6, 6.07) is 0. The second-order valence-electron chi connectivity index (χ2n) is 5.74. The van der Waals surface area contributed by atoms with Gasteiger partial charge in [0.15, 0.2) is 0 Å². The number of carbonyl (C=O) groups is 2. The van der Waals surface area contributed by atoms with Gasteiger partial charge in [0, 0.05) is 19.0 Å². The third-order valence-corrected chi connectivity index (χ3v) is 3.00. The lowest BCUT2D eigenvalue weighted by molar-refractivity contribution is -0.142. The van der Waals surface area contributed by atoms with Crippen LogP contribution in [-0.2, 0) is 9.59 Å². The van der Waals surface area contributed by atoms with Gasteiger partial charge >= 0.3 is 0 Å². The first-order valence-electron chi connectivity index (χ1n) is 5.70. The molecular weight excluding hydrogens is 202 g/mol. The fraction of sp³-hybridized carbons (Fsp3) is 0.692. The summed E-state index contributed by atoms with van der Waals surface area (Å²) < 4.78 is 0. The van der Waals surface area contributed by atoms with Crippen LogP contribution in [0.1, 0.15) is 41.0 Å². The summed E-state index contributed by atoms with van der Waals surface area (Å²) in [5.74, 6) is 0.0185. The highest BCUT2D eigenvalue weighted by atomic mass is 16.2. The van der Waals surface area contributed by atoms with Crippen molar-refractivity contribution >= 4 is 11.8 Å². The van der Waals surface area contributed by atoms with Gasteiger partial charge < -0.3 is 0 Å². The molecular formula is C13H21NO2. The molecule has 1 heterocycles. The van der Waals surface area contributed by atoms with Crippen LogP contribution in [-0.4, -0.2) is 23.8 Å². The van der Waals surface area contributed by atoms with E-state index in [-0.39, 0.29) is 23.1 Å². The Hall–Kier alpha value is -1.12. The van der Waals surface area contributed by atoms with E-state index in [0.29, 0.717) is 6.42 Å². The van der Waals surface area contributed by atoms with Crippen LogP contribution in [0.2, 0.25) is 0 Å². The highest BCUT2D eigenvalue weighted by molar-refractivity contribution is 6.08. The molecule has 0 spiro atoms. The molecule has 0 saturated carbocycles. The quantitative estimate of drug-likeness (QED) is 0.640. The zero-order chi connectivity index (χ0) is 12.7. The van der Waals surface area contributed by atoms with Gasteiger partial charge in [-0.2, -0.15) is 0 Å². The maximum atomic E-state index is 12.1. The Bertz CT molecular complexity index is 359. The maximum absolute atomic E-state index is 12.1. The van der Waals surface area contributed by atoms with E-state index in [1.54, 1.807) is 7.05 Å². The summed E-state index contributed by atoms with van der Waals surface area (Å²) in [6.45, 7) is 10.1. The highest BCUT2D eigenvalue weighted by Crippen LogP contribution is 2.36. The number of rotatable bonds is 1. The topological polar surface area (TPSA) is 37.4 Å². The Labute approximate surface area is 97.5 Å². The maximum Gasteiger partial charge on any atom is 0.256 e. The van der Waals surface area contributed by atoms with Gasteiger partial charge in [-0.15, -0.1) is 0 Å². The Morgan fingerprint density at radius 3 is 2.06 bits per heavy atom. The van der Waals surface area contributed by atoms with Gasteiger partial charge in [0.25, 0.3) is 5.91 Å². The molecule has 0 N–H and O–H groups in total. The molecule has 0 aromatic carbocycles. The predicted molar refractivity (Wildman–Crippen MR) is 63.7 cm³/mol. The average molecular weight is 223 g/mol. The minimum atomic E-state index is -0.203. The second-order valence-corrected chi connectivity index (χ2v) is 5.74. The van der Waals surface area contributed by atoms with Gasteiger partial charge in [0.2, 0.25) is 5.91 Å². The fourth-order valence-corrected chi connectivity index (χ4v) is 2.08. The zero-order valence-corrected chi connectivity index (χ0v) is 11.0. The van der Waals surface area contributed by atoms with Crippen LogP contribution < -0.4 is 0 Å². The fourth-order valence-electron chi connectivity index (χ4n) is 2.08. The number of imide groups is 1. The minimum absolute atomic E-state index is 0.0956.